The summed E-state index contributed by atoms with van der Waals surface area (Å²) < 4.78 is 4.68. The number of hydrogen-bond donors (Lipinski definition) is 1. The molecule has 0 unspecified atom stereocenters. The first kappa shape index (κ1) is 13.7. The minimum Gasteiger partial charge on any atom is -0.478 e. The van der Waals surface area contributed by atoms with Crippen LogP contribution in [-0.4, -0.2) is 17.0 Å². The maximum absolute atomic E-state index is 10.7. The lowest BCUT2D eigenvalue weighted by Crippen LogP contribution is -2.07. The van der Waals surface area contributed by atoms with Crippen LogP contribution in [0, 0.1) is 0 Å². The van der Waals surface area contributed by atoms with Gasteiger partial charge in [0.05, 0.1) is 0 Å². The average molecular weight is 251 g/mol. The van der Waals surface area contributed by atoms with Crippen molar-refractivity contribution in [2.75, 3.05) is 0 Å². The monoisotopic (exact) mass is 250 g/mol. The van der Waals surface area contributed by atoms with Gasteiger partial charge < -0.3 is 9.84 Å². The van der Waals surface area contributed by atoms with E-state index in [9.17, 15) is 9.59 Å². The molecule has 1 N–H and O–H groups in total. The second-order valence-corrected chi connectivity index (χ2v) is 2.98. The molecule has 82 valence electrons. The van der Waals surface area contributed by atoms with Gasteiger partial charge in [-0.15, -0.1) is 12.4 Å². The average Bonchev–Trinajstić information content (AvgIpc) is 2.01. The molecular weight excluding hydrogens is 243 g/mol. The van der Waals surface area contributed by atoms with Crippen LogP contribution in [0.2, 0.25) is 5.02 Å². The number of aromatic carboxylic acids is 1. The summed E-state index contributed by atoms with van der Waals surface area (Å²) >= 11 is 5.62. The third kappa shape index (κ3) is 3.77. The van der Waals surface area contributed by atoms with E-state index in [4.69, 9.17) is 16.7 Å². The van der Waals surface area contributed by atoms with Crippen molar-refractivity contribution in [3.05, 3.63) is 28.8 Å². The van der Waals surface area contributed by atoms with E-state index in [1.807, 2.05) is 0 Å². The Labute approximate surface area is 97.2 Å². The Hall–Kier alpha value is -1.26. The number of rotatable bonds is 2. The zero-order chi connectivity index (χ0) is 10.7. The normalized spacial score (nSPS) is 8.93. The summed E-state index contributed by atoms with van der Waals surface area (Å²) in [6.07, 6.45) is 0. The first-order valence-electron chi connectivity index (χ1n) is 3.72. The largest absolute Gasteiger partial charge is 0.478 e. The van der Waals surface area contributed by atoms with Crippen LogP contribution in [0.4, 0.5) is 0 Å². The van der Waals surface area contributed by atoms with Crippen LogP contribution in [0.25, 0.3) is 0 Å². The fourth-order valence-corrected chi connectivity index (χ4v) is 1.07. The number of carboxylic acid groups (broad SMARTS) is 1. The lowest BCUT2D eigenvalue weighted by atomic mass is 10.2. The van der Waals surface area contributed by atoms with Crippen LogP contribution >= 0.6 is 24.0 Å². The highest BCUT2D eigenvalue weighted by atomic mass is 35.5. The molecule has 0 heterocycles. The Bertz CT molecular complexity index is 390. The molecule has 0 amide bonds. The molecular formula is C9H8Cl2O4. The van der Waals surface area contributed by atoms with Gasteiger partial charge in [-0.1, -0.05) is 11.6 Å². The minimum absolute atomic E-state index is 0. The van der Waals surface area contributed by atoms with Crippen LogP contribution in [0.15, 0.2) is 18.2 Å². The van der Waals surface area contributed by atoms with Crippen molar-refractivity contribution in [1.82, 2.24) is 0 Å². The number of hydrogen-bond acceptors (Lipinski definition) is 3. The van der Waals surface area contributed by atoms with Gasteiger partial charge in [0.15, 0.2) is 0 Å². The van der Waals surface area contributed by atoms with Crippen molar-refractivity contribution >= 4 is 35.9 Å². The maximum atomic E-state index is 10.7. The fourth-order valence-electron chi connectivity index (χ4n) is 0.912. The molecule has 0 aliphatic rings. The van der Waals surface area contributed by atoms with Gasteiger partial charge in [-0.2, -0.15) is 0 Å². The molecule has 1 aromatic carbocycles. The molecule has 4 nitrogen and oxygen atoms in total. The highest BCUT2D eigenvalue weighted by Gasteiger charge is 2.12. The number of benzene rings is 1. The van der Waals surface area contributed by atoms with Crippen LogP contribution in [0.1, 0.15) is 17.3 Å². The summed E-state index contributed by atoms with van der Waals surface area (Å²) in [4.78, 5) is 21.3. The molecule has 6 heteroatoms. The summed E-state index contributed by atoms with van der Waals surface area (Å²) in [5.41, 5.74) is -0.0930. The standard InChI is InChI=1S/C9H7ClO4.ClH/c1-5(11)14-8-4-6(10)2-3-7(8)9(12)13;/h2-4H,1H3,(H,12,13);1H. The summed E-state index contributed by atoms with van der Waals surface area (Å²) in [7, 11) is 0. The third-order valence-electron chi connectivity index (χ3n) is 1.43. The highest BCUT2D eigenvalue weighted by Crippen LogP contribution is 2.23. The smallest absolute Gasteiger partial charge is 0.339 e. The molecule has 1 rings (SSSR count). The van der Waals surface area contributed by atoms with Gasteiger partial charge >= 0.3 is 11.9 Å². The zero-order valence-corrected chi connectivity index (χ0v) is 9.26. The van der Waals surface area contributed by atoms with E-state index in [-0.39, 0.29) is 23.7 Å². The van der Waals surface area contributed by atoms with Crippen molar-refractivity contribution in [1.29, 1.82) is 0 Å². The molecule has 1 aromatic rings. The van der Waals surface area contributed by atoms with E-state index in [0.29, 0.717) is 5.02 Å². The van der Waals surface area contributed by atoms with Gasteiger partial charge in [0.2, 0.25) is 0 Å². The molecule has 0 saturated heterocycles. The van der Waals surface area contributed by atoms with Gasteiger partial charge in [-0.25, -0.2) is 4.79 Å². The molecule has 0 spiro atoms. The fraction of sp³-hybridized carbons (Fsp3) is 0.111. The number of ether oxygens (including phenoxy) is 1. The second kappa shape index (κ2) is 5.58. The Morgan fingerprint density at radius 3 is 2.47 bits per heavy atom. The molecule has 0 bridgehead atoms. The van der Waals surface area contributed by atoms with E-state index in [1.54, 1.807) is 0 Å². The quantitative estimate of drug-likeness (QED) is 0.647. The third-order valence-corrected chi connectivity index (χ3v) is 1.66. The summed E-state index contributed by atoms with van der Waals surface area (Å²) in [5, 5.41) is 9.05. The molecule has 0 aromatic heterocycles. The van der Waals surface area contributed by atoms with Crippen molar-refractivity contribution in [2.45, 2.75) is 6.92 Å². The topological polar surface area (TPSA) is 63.6 Å². The van der Waals surface area contributed by atoms with Gasteiger partial charge in [0.25, 0.3) is 0 Å². The van der Waals surface area contributed by atoms with Crippen LogP contribution in [0.3, 0.4) is 0 Å². The van der Waals surface area contributed by atoms with Crippen LogP contribution in [-0.2, 0) is 4.79 Å². The minimum atomic E-state index is -1.17. The van der Waals surface area contributed by atoms with Gasteiger partial charge in [0.1, 0.15) is 11.3 Å². The van der Waals surface area contributed by atoms with E-state index >= 15 is 0 Å². The highest BCUT2D eigenvalue weighted by molar-refractivity contribution is 6.30. The van der Waals surface area contributed by atoms with E-state index in [2.05, 4.69) is 4.74 Å². The van der Waals surface area contributed by atoms with E-state index in [1.165, 1.54) is 25.1 Å². The van der Waals surface area contributed by atoms with Crippen molar-refractivity contribution in [3.8, 4) is 5.75 Å². The second-order valence-electron chi connectivity index (χ2n) is 2.54. The summed E-state index contributed by atoms with van der Waals surface area (Å²) in [6, 6.07) is 3.98. The van der Waals surface area contributed by atoms with Crippen LogP contribution < -0.4 is 4.74 Å². The first-order chi connectivity index (χ1) is 6.50. The Balaban J connectivity index is 0.00000196. The lowest BCUT2D eigenvalue weighted by molar-refractivity contribution is -0.131. The Morgan fingerprint density at radius 1 is 1.40 bits per heavy atom. The Kier molecular flexibility index (Phi) is 5.11. The summed E-state index contributed by atoms with van der Waals surface area (Å²) in [6.45, 7) is 1.19. The lowest BCUT2D eigenvalue weighted by Gasteiger charge is -2.05. The van der Waals surface area contributed by atoms with Gasteiger partial charge in [-0.3, -0.25) is 4.79 Å². The number of carboxylic acids is 1. The maximum Gasteiger partial charge on any atom is 0.339 e. The summed E-state index contributed by atoms with van der Waals surface area (Å²) in [5.74, 6) is -1.80. The van der Waals surface area contributed by atoms with Gasteiger partial charge in [0, 0.05) is 18.0 Å². The molecule has 15 heavy (non-hydrogen) atoms. The molecule has 0 radical (unpaired) electrons. The predicted molar refractivity (Wildman–Crippen MR) is 57.0 cm³/mol. The number of esters is 1. The van der Waals surface area contributed by atoms with Crippen molar-refractivity contribution in [2.24, 2.45) is 0 Å². The van der Waals surface area contributed by atoms with Crippen LogP contribution in [0.5, 0.6) is 5.75 Å². The SMILES string of the molecule is CC(=O)Oc1cc(Cl)ccc1C(=O)O.Cl. The zero-order valence-electron chi connectivity index (χ0n) is 7.69. The number of halogens is 2. The number of carbonyl (C=O) groups is 2. The van der Waals surface area contributed by atoms with Gasteiger partial charge in [-0.05, 0) is 12.1 Å². The van der Waals surface area contributed by atoms with E-state index in [0.717, 1.165) is 0 Å². The molecule has 0 aliphatic carbocycles. The molecule has 0 saturated carbocycles. The van der Waals surface area contributed by atoms with Crippen molar-refractivity contribution < 1.29 is 19.4 Å². The predicted octanol–water partition coefficient (Wildman–Crippen LogP) is 2.39. The Morgan fingerprint density at radius 2 is 2.00 bits per heavy atom. The number of carbonyl (C=O) groups excluding carboxylic acids is 1. The van der Waals surface area contributed by atoms with Crippen molar-refractivity contribution in [3.63, 3.8) is 0 Å². The first-order valence-corrected chi connectivity index (χ1v) is 4.10. The molecule has 0 fully saturated rings. The van der Waals surface area contributed by atoms with E-state index < -0.39 is 11.9 Å². The molecule has 0 atom stereocenters. The molecule has 0 aliphatic heterocycles.